The molecule has 1 rings (SSSR count). The Morgan fingerprint density at radius 3 is 3.08 bits per heavy atom. The summed E-state index contributed by atoms with van der Waals surface area (Å²) in [7, 11) is 0. The molecule has 3 nitrogen and oxygen atoms in total. The highest BCUT2D eigenvalue weighted by Gasteiger charge is 2.19. The van der Waals surface area contributed by atoms with Crippen molar-refractivity contribution in [1.29, 1.82) is 0 Å². The number of rotatable bonds is 3. The number of carbonyl (C=O) groups excluding carboxylic acids is 2. The Bertz CT molecular complexity index is 297. The first-order valence-corrected chi connectivity index (χ1v) is 3.93. The van der Waals surface area contributed by atoms with Crippen LogP contribution < -0.4 is 0 Å². The van der Waals surface area contributed by atoms with E-state index in [1.807, 2.05) is 0 Å². The van der Waals surface area contributed by atoms with Gasteiger partial charge in [0.05, 0.1) is 0 Å². The molecule has 0 unspecified atom stereocenters. The van der Waals surface area contributed by atoms with Gasteiger partial charge in [-0.25, -0.2) is 4.79 Å². The molecule has 13 heavy (non-hydrogen) atoms. The number of carbonyl (C=O) groups is 2. The first kappa shape index (κ1) is 9.45. The van der Waals surface area contributed by atoms with Crippen molar-refractivity contribution >= 4 is 11.8 Å². The molecule has 0 fully saturated rings. The van der Waals surface area contributed by atoms with Crippen molar-refractivity contribution in [3.63, 3.8) is 0 Å². The van der Waals surface area contributed by atoms with Crippen molar-refractivity contribution < 1.29 is 14.3 Å². The van der Waals surface area contributed by atoms with Gasteiger partial charge in [0.1, 0.15) is 12.2 Å². The van der Waals surface area contributed by atoms with Gasteiger partial charge in [-0.3, -0.25) is 4.79 Å². The Hall–Kier alpha value is -1.64. The highest BCUT2D eigenvalue weighted by atomic mass is 16.5. The van der Waals surface area contributed by atoms with E-state index < -0.39 is 5.97 Å². The summed E-state index contributed by atoms with van der Waals surface area (Å²) < 4.78 is 4.72. The molecule has 0 aliphatic heterocycles. The van der Waals surface area contributed by atoms with Crippen molar-refractivity contribution in [2.75, 3.05) is 6.61 Å². The van der Waals surface area contributed by atoms with Gasteiger partial charge in [-0.2, -0.15) is 0 Å². The Balaban J connectivity index is 2.64. The van der Waals surface area contributed by atoms with E-state index in [1.54, 1.807) is 12.2 Å². The molecule has 0 aromatic rings. The van der Waals surface area contributed by atoms with Gasteiger partial charge in [-0.1, -0.05) is 24.8 Å². The number of ether oxygens (including phenoxy) is 1. The predicted octanol–water partition coefficient (Wildman–Crippen LogP) is 1.17. The van der Waals surface area contributed by atoms with Crippen LogP contribution >= 0.6 is 0 Å². The molecule has 0 radical (unpaired) electrons. The summed E-state index contributed by atoms with van der Waals surface area (Å²) in [6.07, 6.45) is 6.58. The summed E-state index contributed by atoms with van der Waals surface area (Å²) >= 11 is 0. The van der Waals surface area contributed by atoms with E-state index in [4.69, 9.17) is 4.74 Å². The fourth-order valence-corrected chi connectivity index (χ4v) is 0.936. The number of esters is 1. The topological polar surface area (TPSA) is 43.4 Å². The van der Waals surface area contributed by atoms with Gasteiger partial charge < -0.3 is 4.74 Å². The van der Waals surface area contributed by atoms with E-state index in [0.29, 0.717) is 0 Å². The summed E-state index contributed by atoms with van der Waals surface area (Å²) in [5.41, 5.74) is 0.115. The van der Waals surface area contributed by atoms with Crippen LogP contribution in [0.3, 0.4) is 0 Å². The zero-order valence-electron chi connectivity index (χ0n) is 7.16. The lowest BCUT2D eigenvalue weighted by molar-refractivity contribution is -0.139. The molecule has 1 aliphatic carbocycles. The van der Waals surface area contributed by atoms with Gasteiger partial charge >= 0.3 is 5.97 Å². The van der Waals surface area contributed by atoms with Crippen molar-refractivity contribution in [2.45, 2.75) is 6.42 Å². The normalized spacial score (nSPS) is 15.1. The third-order valence-corrected chi connectivity index (χ3v) is 1.55. The van der Waals surface area contributed by atoms with E-state index in [-0.39, 0.29) is 24.4 Å². The Kier molecular flexibility index (Phi) is 3.20. The van der Waals surface area contributed by atoms with Crippen molar-refractivity contribution in [3.05, 3.63) is 36.5 Å². The number of ketones is 1. The van der Waals surface area contributed by atoms with Gasteiger partial charge in [-0.05, 0) is 6.08 Å². The quantitative estimate of drug-likeness (QED) is 0.370. The maximum absolute atomic E-state index is 11.2. The fourth-order valence-electron chi connectivity index (χ4n) is 0.936. The monoisotopic (exact) mass is 178 g/mol. The first-order chi connectivity index (χ1) is 6.25. The highest BCUT2D eigenvalue weighted by molar-refractivity contribution is 6.18. The third kappa shape index (κ3) is 2.40. The molecule has 0 aromatic heterocycles. The summed E-state index contributed by atoms with van der Waals surface area (Å²) in [4.78, 5) is 22.3. The van der Waals surface area contributed by atoms with E-state index >= 15 is 0 Å². The van der Waals surface area contributed by atoms with Crippen LogP contribution in [0.1, 0.15) is 6.42 Å². The van der Waals surface area contributed by atoms with Gasteiger partial charge in [0.25, 0.3) is 0 Å². The average molecular weight is 178 g/mol. The smallest absolute Gasteiger partial charge is 0.342 e. The maximum atomic E-state index is 11.2. The van der Waals surface area contributed by atoms with E-state index in [2.05, 4.69) is 6.58 Å². The summed E-state index contributed by atoms with van der Waals surface area (Å²) in [6.45, 7) is 3.53. The fraction of sp³-hybridized carbons (Fsp3) is 0.200. The largest absolute Gasteiger partial charge is 0.458 e. The van der Waals surface area contributed by atoms with Gasteiger partial charge in [0, 0.05) is 6.42 Å². The molecule has 0 N–H and O–H groups in total. The molecular formula is C10H10O3. The zero-order valence-corrected chi connectivity index (χ0v) is 7.16. The third-order valence-electron chi connectivity index (χ3n) is 1.55. The summed E-state index contributed by atoms with van der Waals surface area (Å²) in [5, 5.41) is 0. The second-order valence-electron chi connectivity index (χ2n) is 2.52. The Labute approximate surface area is 76.4 Å². The molecule has 0 heterocycles. The lowest BCUT2D eigenvalue weighted by Crippen LogP contribution is -2.16. The number of Topliss-reactive ketones (excluding diaryl/α,β-unsaturated/α-hetero) is 1. The molecule has 0 amide bonds. The van der Waals surface area contributed by atoms with Crippen LogP contribution in [0, 0.1) is 0 Å². The maximum Gasteiger partial charge on any atom is 0.342 e. The molecule has 68 valence electrons. The SMILES string of the molecule is C=CCOC(=O)C1=CC=CCC1=O. The minimum absolute atomic E-state index is 0.115. The minimum Gasteiger partial charge on any atom is -0.458 e. The molecule has 0 spiro atoms. The predicted molar refractivity (Wildman–Crippen MR) is 48.0 cm³/mol. The second-order valence-corrected chi connectivity index (χ2v) is 2.52. The average Bonchev–Trinajstić information content (AvgIpc) is 2.15. The molecular weight excluding hydrogens is 168 g/mol. The second kappa shape index (κ2) is 4.40. The van der Waals surface area contributed by atoms with Crippen LogP contribution in [0.15, 0.2) is 36.5 Å². The molecule has 0 aromatic carbocycles. The molecule has 0 atom stereocenters. The van der Waals surface area contributed by atoms with Crippen LogP contribution in [-0.4, -0.2) is 18.4 Å². The number of allylic oxidation sites excluding steroid dienone is 3. The van der Waals surface area contributed by atoms with E-state index in [9.17, 15) is 9.59 Å². The van der Waals surface area contributed by atoms with Gasteiger partial charge in [0.15, 0.2) is 5.78 Å². The Morgan fingerprint density at radius 2 is 2.46 bits per heavy atom. The molecule has 0 saturated heterocycles. The van der Waals surface area contributed by atoms with Crippen LogP contribution in [-0.2, 0) is 14.3 Å². The number of hydrogen-bond donors (Lipinski definition) is 0. The molecule has 0 bridgehead atoms. The van der Waals surface area contributed by atoms with Crippen molar-refractivity contribution in [3.8, 4) is 0 Å². The van der Waals surface area contributed by atoms with Gasteiger partial charge in [-0.15, -0.1) is 0 Å². The van der Waals surface area contributed by atoms with Crippen LogP contribution in [0.5, 0.6) is 0 Å². The Morgan fingerprint density at radius 1 is 1.69 bits per heavy atom. The van der Waals surface area contributed by atoms with E-state index in [0.717, 1.165) is 0 Å². The zero-order chi connectivity index (χ0) is 9.68. The van der Waals surface area contributed by atoms with Crippen LogP contribution in [0.25, 0.3) is 0 Å². The van der Waals surface area contributed by atoms with Gasteiger partial charge in [0.2, 0.25) is 0 Å². The van der Waals surface area contributed by atoms with Crippen LogP contribution in [0.2, 0.25) is 0 Å². The first-order valence-electron chi connectivity index (χ1n) is 3.93. The summed E-state index contributed by atoms with van der Waals surface area (Å²) in [6, 6.07) is 0. The van der Waals surface area contributed by atoms with Crippen molar-refractivity contribution in [1.82, 2.24) is 0 Å². The molecule has 1 aliphatic rings. The summed E-state index contributed by atoms with van der Waals surface area (Å²) in [5.74, 6) is -0.772. The molecule has 3 heteroatoms. The highest BCUT2D eigenvalue weighted by Crippen LogP contribution is 2.09. The lowest BCUT2D eigenvalue weighted by Gasteiger charge is -2.06. The van der Waals surface area contributed by atoms with Crippen LogP contribution in [0.4, 0.5) is 0 Å². The lowest BCUT2D eigenvalue weighted by atomic mass is 10.0. The number of hydrogen-bond acceptors (Lipinski definition) is 3. The minimum atomic E-state index is -0.575. The molecule has 0 saturated carbocycles. The van der Waals surface area contributed by atoms with Crippen molar-refractivity contribution in [2.24, 2.45) is 0 Å². The van der Waals surface area contributed by atoms with E-state index in [1.165, 1.54) is 12.2 Å². The standard InChI is InChI=1S/C10H10O3/c1-2-7-13-10(12)8-5-3-4-6-9(8)11/h2-5H,1,6-7H2.